The normalized spacial score (nSPS) is 9.60. The summed E-state index contributed by atoms with van der Waals surface area (Å²) in [6.45, 7) is 0. The molecule has 0 bridgehead atoms. The van der Waals surface area contributed by atoms with Gasteiger partial charge in [-0.2, -0.15) is 0 Å². The van der Waals surface area contributed by atoms with Crippen LogP contribution in [0.2, 0.25) is 0 Å². The molecule has 0 fully saturated rings. The van der Waals surface area contributed by atoms with E-state index in [1.165, 1.54) is 0 Å². The summed E-state index contributed by atoms with van der Waals surface area (Å²) in [4.78, 5) is 14.6. The third kappa shape index (κ3) is 2.39. The van der Waals surface area contributed by atoms with Gasteiger partial charge in [-0.1, -0.05) is 18.2 Å². The summed E-state index contributed by atoms with van der Waals surface area (Å²) in [5, 5.41) is 18.6. The number of para-hydroxylation sites is 1. The number of nitrogens with zero attached hydrogens (tertiary/aromatic N) is 1. The van der Waals surface area contributed by atoms with Gasteiger partial charge in [0.05, 0.1) is 11.1 Å². The molecule has 0 aliphatic carbocycles. The zero-order valence-corrected chi connectivity index (χ0v) is 7.14. The Bertz CT molecular complexity index is 513. The van der Waals surface area contributed by atoms with E-state index >= 15 is 0 Å². The number of aromatic hydroxyl groups is 1. The number of benzene rings is 1. The molecular weight excluding hydrogens is 222 g/mol. The van der Waals surface area contributed by atoms with Crippen molar-refractivity contribution in [3.63, 3.8) is 0 Å². The molecule has 4 nitrogen and oxygen atoms in total. The number of carboxylic acid groups (broad SMARTS) is 1. The zero-order valence-electron chi connectivity index (χ0n) is 7.14. The minimum atomic E-state index is -1.07. The number of hydrogen-bond acceptors (Lipinski definition) is 3. The SMILES string of the molecule is O=C(O)c1cc(O)nc2ccccc12.[CaH2]. The van der Waals surface area contributed by atoms with Gasteiger partial charge in [-0.3, -0.25) is 0 Å². The van der Waals surface area contributed by atoms with Gasteiger partial charge in [0.25, 0.3) is 0 Å². The van der Waals surface area contributed by atoms with Gasteiger partial charge in [0.2, 0.25) is 5.88 Å². The molecule has 0 aliphatic rings. The van der Waals surface area contributed by atoms with Crippen LogP contribution in [0.5, 0.6) is 5.88 Å². The average molecular weight is 231 g/mol. The predicted molar refractivity (Wildman–Crippen MR) is 58.9 cm³/mol. The molecule has 0 saturated heterocycles. The molecule has 0 unspecified atom stereocenters. The monoisotopic (exact) mass is 231 g/mol. The predicted octanol–water partition coefficient (Wildman–Crippen LogP) is 0.722. The van der Waals surface area contributed by atoms with Gasteiger partial charge in [0, 0.05) is 11.5 Å². The van der Waals surface area contributed by atoms with Crippen LogP contribution in [0.1, 0.15) is 10.4 Å². The topological polar surface area (TPSA) is 70.4 Å². The molecule has 2 N–H and O–H groups in total. The van der Waals surface area contributed by atoms with Crippen molar-refractivity contribution in [2.75, 3.05) is 0 Å². The fourth-order valence-electron chi connectivity index (χ4n) is 1.34. The second kappa shape index (κ2) is 4.79. The maximum absolute atomic E-state index is 10.8. The number of rotatable bonds is 1. The first-order valence-electron chi connectivity index (χ1n) is 4.00. The van der Waals surface area contributed by atoms with E-state index in [9.17, 15) is 9.90 Å². The Kier molecular flexibility index (Phi) is 3.90. The van der Waals surface area contributed by atoms with E-state index in [0.29, 0.717) is 10.9 Å². The molecule has 2 aromatic rings. The van der Waals surface area contributed by atoms with E-state index in [1.807, 2.05) is 0 Å². The van der Waals surface area contributed by atoms with E-state index in [1.54, 1.807) is 24.3 Å². The Balaban J connectivity index is 0.00000112. The average Bonchev–Trinajstić information content (AvgIpc) is 2.16. The van der Waals surface area contributed by atoms with Crippen LogP contribution in [-0.2, 0) is 0 Å². The molecule has 15 heavy (non-hydrogen) atoms. The number of hydrogen-bond donors (Lipinski definition) is 2. The zero-order chi connectivity index (χ0) is 10.1. The molecule has 2 rings (SSSR count). The van der Waals surface area contributed by atoms with Crippen LogP contribution in [0.4, 0.5) is 0 Å². The van der Waals surface area contributed by atoms with Gasteiger partial charge in [-0.15, -0.1) is 0 Å². The van der Waals surface area contributed by atoms with Crippen molar-refractivity contribution in [2.45, 2.75) is 0 Å². The van der Waals surface area contributed by atoms with Crippen LogP contribution < -0.4 is 0 Å². The fourth-order valence-corrected chi connectivity index (χ4v) is 1.34. The van der Waals surface area contributed by atoms with Crippen molar-refractivity contribution in [3.05, 3.63) is 35.9 Å². The number of fused-ring (bicyclic) bond motifs is 1. The van der Waals surface area contributed by atoms with E-state index in [0.717, 1.165) is 6.07 Å². The molecule has 0 spiro atoms. The molecule has 5 heteroatoms. The summed E-state index contributed by atoms with van der Waals surface area (Å²) in [7, 11) is 0. The van der Waals surface area contributed by atoms with E-state index in [-0.39, 0.29) is 49.2 Å². The molecule has 74 valence electrons. The number of carboxylic acids is 1. The van der Waals surface area contributed by atoms with Crippen molar-refractivity contribution >= 4 is 54.6 Å². The third-order valence-electron chi connectivity index (χ3n) is 1.93. The first-order chi connectivity index (χ1) is 6.68. The van der Waals surface area contributed by atoms with E-state index in [4.69, 9.17) is 5.11 Å². The van der Waals surface area contributed by atoms with Gasteiger partial charge in [0.1, 0.15) is 0 Å². The summed E-state index contributed by atoms with van der Waals surface area (Å²) in [5.74, 6) is -1.35. The van der Waals surface area contributed by atoms with Crippen LogP contribution in [0.3, 0.4) is 0 Å². The molecule has 0 atom stereocenters. The van der Waals surface area contributed by atoms with Crippen LogP contribution in [0, 0.1) is 0 Å². The molecule has 0 aliphatic heterocycles. The Morgan fingerprint density at radius 3 is 2.60 bits per heavy atom. The summed E-state index contributed by atoms with van der Waals surface area (Å²) >= 11 is 0. The number of pyridine rings is 1. The third-order valence-corrected chi connectivity index (χ3v) is 1.93. The Morgan fingerprint density at radius 1 is 1.27 bits per heavy atom. The molecule has 1 aromatic carbocycles. The van der Waals surface area contributed by atoms with Crippen LogP contribution in [0.15, 0.2) is 30.3 Å². The second-order valence-electron chi connectivity index (χ2n) is 2.85. The molecule has 0 amide bonds. The van der Waals surface area contributed by atoms with Gasteiger partial charge in [0.15, 0.2) is 0 Å². The quantitative estimate of drug-likeness (QED) is 0.709. The molecule has 0 saturated carbocycles. The van der Waals surface area contributed by atoms with Gasteiger partial charge < -0.3 is 10.2 Å². The standard InChI is InChI=1S/C10H7NO3.Ca.2H/c12-9-5-7(10(13)14)6-3-1-2-4-8(6)11-9;;;/h1-5H,(H,11,12)(H,13,14);;;. The number of carbonyl (C=O) groups is 1. The molecule has 1 aromatic heterocycles. The van der Waals surface area contributed by atoms with Crippen LogP contribution >= 0.6 is 0 Å². The summed E-state index contributed by atoms with van der Waals surface area (Å²) in [6, 6.07) is 7.92. The molecular formula is C10H9CaNO3. The first kappa shape index (κ1) is 12.2. The molecule has 0 radical (unpaired) electrons. The fraction of sp³-hybridized carbons (Fsp3) is 0. The van der Waals surface area contributed by atoms with Gasteiger partial charge in [-0.05, 0) is 6.07 Å². The van der Waals surface area contributed by atoms with Crippen LogP contribution in [-0.4, -0.2) is 58.9 Å². The second-order valence-corrected chi connectivity index (χ2v) is 2.85. The van der Waals surface area contributed by atoms with Crippen molar-refractivity contribution in [1.29, 1.82) is 0 Å². The van der Waals surface area contributed by atoms with Crippen molar-refractivity contribution in [3.8, 4) is 5.88 Å². The molecule has 1 heterocycles. The van der Waals surface area contributed by atoms with Gasteiger partial charge in [-0.25, -0.2) is 9.78 Å². The minimum absolute atomic E-state index is 0. The summed E-state index contributed by atoms with van der Waals surface area (Å²) < 4.78 is 0. The van der Waals surface area contributed by atoms with Crippen molar-refractivity contribution in [2.24, 2.45) is 0 Å². The summed E-state index contributed by atoms with van der Waals surface area (Å²) in [5.41, 5.74) is 0.540. The Labute approximate surface area is 116 Å². The van der Waals surface area contributed by atoms with Crippen LogP contribution in [0.25, 0.3) is 10.9 Å². The number of aromatic carboxylic acids is 1. The van der Waals surface area contributed by atoms with Crippen molar-refractivity contribution in [1.82, 2.24) is 4.98 Å². The van der Waals surface area contributed by atoms with Crippen molar-refractivity contribution < 1.29 is 15.0 Å². The number of aromatic nitrogens is 1. The maximum atomic E-state index is 10.8. The first-order valence-corrected chi connectivity index (χ1v) is 4.00. The van der Waals surface area contributed by atoms with E-state index < -0.39 is 5.97 Å². The Hall–Kier alpha value is -0.840. The van der Waals surface area contributed by atoms with E-state index in [2.05, 4.69) is 4.98 Å². The summed E-state index contributed by atoms with van der Waals surface area (Å²) in [6.07, 6.45) is 0. The Morgan fingerprint density at radius 2 is 1.93 bits per heavy atom. The van der Waals surface area contributed by atoms with Gasteiger partial charge >= 0.3 is 43.7 Å².